The second-order valence-electron chi connectivity index (χ2n) is 7.93. The van der Waals surface area contributed by atoms with E-state index < -0.39 is 0 Å². The molecule has 1 aliphatic rings. The summed E-state index contributed by atoms with van der Waals surface area (Å²) < 4.78 is 0. The van der Waals surface area contributed by atoms with Crippen molar-refractivity contribution in [1.29, 1.82) is 0 Å². The summed E-state index contributed by atoms with van der Waals surface area (Å²) in [4.78, 5) is 40.4. The number of rotatable bonds is 5. The Kier molecular flexibility index (Phi) is 7.23. The Hall–Kier alpha value is -3.41. The number of carbonyl (C=O) groups excluding carboxylic acids is 3. The molecule has 31 heavy (non-hydrogen) atoms. The summed E-state index contributed by atoms with van der Waals surface area (Å²) in [6.07, 6.45) is 3.28. The molecule has 162 valence electrons. The molecule has 0 spiro atoms. The standard InChI is InChI=1S/C25H29N3O3/c1-18(2)20-9-11-22(12-10-20)25(31)28-16-14-27(15-17-28)23(29)13-6-19-4-7-21(8-5-19)24(30)26-3/h4-13,18H,14-17H2,1-3H3,(H,26,30)/b13-6+. The van der Waals surface area contributed by atoms with Crippen molar-refractivity contribution >= 4 is 23.8 Å². The lowest BCUT2D eigenvalue weighted by atomic mass is 10.0. The van der Waals surface area contributed by atoms with E-state index in [9.17, 15) is 14.4 Å². The number of hydrogen-bond donors (Lipinski definition) is 1. The summed E-state index contributed by atoms with van der Waals surface area (Å²) in [6.45, 7) is 6.31. The van der Waals surface area contributed by atoms with E-state index in [1.54, 1.807) is 47.2 Å². The van der Waals surface area contributed by atoms with Gasteiger partial charge in [0.2, 0.25) is 5.91 Å². The SMILES string of the molecule is CNC(=O)c1ccc(/C=C/C(=O)N2CCN(C(=O)c3ccc(C(C)C)cc3)CC2)cc1. The van der Waals surface area contributed by atoms with Crippen LogP contribution in [0.3, 0.4) is 0 Å². The molecule has 0 bridgehead atoms. The van der Waals surface area contributed by atoms with Crippen LogP contribution in [0.15, 0.2) is 54.6 Å². The molecule has 1 saturated heterocycles. The molecule has 2 aromatic rings. The lowest BCUT2D eigenvalue weighted by Gasteiger charge is -2.34. The van der Waals surface area contributed by atoms with Gasteiger partial charge in [0.05, 0.1) is 0 Å². The smallest absolute Gasteiger partial charge is 0.253 e. The Balaban J connectivity index is 1.52. The van der Waals surface area contributed by atoms with Gasteiger partial charge in [-0.05, 0) is 47.4 Å². The molecule has 0 aliphatic carbocycles. The van der Waals surface area contributed by atoms with Crippen LogP contribution in [-0.2, 0) is 4.79 Å². The van der Waals surface area contributed by atoms with Crippen LogP contribution in [0.2, 0.25) is 0 Å². The van der Waals surface area contributed by atoms with Gasteiger partial charge in [-0.3, -0.25) is 14.4 Å². The van der Waals surface area contributed by atoms with Crippen LogP contribution < -0.4 is 5.32 Å². The van der Waals surface area contributed by atoms with Gasteiger partial charge >= 0.3 is 0 Å². The van der Waals surface area contributed by atoms with Crippen molar-refractivity contribution in [2.75, 3.05) is 33.2 Å². The molecule has 3 amide bonds. The van der Waals surface area contributed by atoms with Crippen molar-refractivity contribution in [3.05, 3.63) is 76.9 Å². The molecule has 3 rings (SSSR count). The first-order valence-corrected chi connectivity index (χ1v) is 10.6. The molecule has 1 heterocycles. The fraction of sp³-hybridized carbons (Fsp3) is 0.320. The minimum Gasteiger partial charge on any atom is -0.355 e. The van der Waals surface area contributed by atoms with Crippen LogP contribution in [0.4, 0.5) is 0 Å². The largest absolute Gasteiger partial charge is 0.355 e. The third-order valence-electron chi connectivity index (χ3n) is 5.52. The number of nitrogens with zero attached hydrogens (tertiary/aromatic N) is 2. The molecule has 0 radical (unpaired) electrons. The third-order valence-corrected chi connectivity index (χ3v) is 5.52. The number of nitrogens with one attached hydrogen (secondary N) is 1. The summed E-state index contributed by atoms with van der Waals surface area (Å²) in [5, 5.41) is 2.58. The highest BCUT2D eigenvalue weighted by Crippen LogP contribution is 2.16. The predicted octanol–water partition coefficient (Wildman–Crippen LogP) is 3.17. The van der Waals surface area contributed by atoms with Gasteiger partial charge in [0.15, 0.2) is 0 Å². The molecule has 2 aromatic carbocycles. The van der Waals surface area contributed by atoms with E-state index in [2.05, 4.69) is 19.2 Å². The zero-order chi connectivity index (χ0) is 22.4. The van der Waals surface area contributed by atoms with Crippen LogP contribution in [0, 0.1) is 0 Å². The molecule has 0 saturated carbocycles. The van der Waals surface area contributed by atoms with Gasteiger partial charge in [0.1, 0.15) is 0 Å². The van der Waals surface area contributed by atoms with Crippen molar-refractivity contribution < 1.29 is 14.4 Å². The number of piperazine rings is 1. The van der Waals surface area contributed by atoms with Crippen molar-refractivity contribution in [3.63, 3.8) is 0 Å². The van der Waals surface area contributed by atoms with Crippen LogP contribution in [0.5, 0.6) is 0 Å². The molecular weight excluding hydrogens is 390 g/mol. The maximum absolute atomic E-state index is 12.7. The first-order valence-electron chi connectivity index (χ1n) is 10.6. The molecule has 6 heteroatoms. The quantitative estimate of drug-likeness (QED) is 0.757. The molecule has 0 unspecified atom stereocenters. The molecule has 0 atom stereocenters. The zero-order valence-corrected chi connectivity index (χ0v) is 18.3. The minimum absolute atomic E-state index is 0.00848. The van der Waals surface area contributed by atoms with E-state index >= 15 is 0 Å². The first kappa shape index (κ1) is 22.3. The van der Waals surface area contributed by atoms with Crippen LogP contribution in [0.1, 0.15) is 51.6 Å². The zero-order valence-electron chi connectivity index (χ0n) is 18.3. The molecule has 1 fully saturated rings. The average Bonchev–Trinajstić information content (AvgIpc) is 2.82. The third kappa shape index (κ3) is 5.60. The molecule has 1 aliphatic heterocycles. The lowest BCUT2D eigenvalue weighted by molar-refractivity contribution is -0.127. The monoisotopic (exact) mass is 419 g/mol. The van der Waals surface area contributed by atoms with Crippen molar-refractivity contribution in [2.24, 2.45) is 0 Å². The van der Waals surface area contributed by atoms with Gasteiger partial charge in [-0.2, -0.15) is 0 Å². The van der Waals surface area contributed by atoms with E-state index in [0.717, 1.165) is 5.56 Å². The average molecular weight is 420 g/mol. The fourth-order valence-electron chi connectivity index (χ4n) is 3.49. The van der Waals surface area contributed by atoms with Gasteiger partial charge in [-0.1, -0.05) is 38.1 Å². The normalized spacial score (nSPS) is 14.2. The summed E-state index contributed by atoms with van der Waals surface area (Å²) in [5.41, 5.74) is 3.32. The second-order valence-corrected chi connectivity index (χ2v) is 7.93. The van der Waals surface area contributed by atoms with Crippen LogP contribution >= 0.6 is 0 Å². The van der Waals surface area contributed by atoms with E-state index in [-0.39, 0.29) is 17.7 Å². The molecule has 0 aromatic heterocycles. The number of carbonyl (C=O) groups is 3. The highest BCUT2D eigenvalue weighted by Gasteiger charge is 2.24. The number of benzene rings is 2. The Morgan fingerprint density at radius 3 is 1.94 bits per heavy atom. The predicted molar refractivity (Wildman–Crippen MR) is 122 cm³/mol. The van der Waals surface area contributed by atoms with Crippen molar-refractivity contribution in [2.45, 2.75) is 19.8 Å². The Labute approximate surface area is 183 Å². The number of hydrogen-bond acceptors (Lipinski definition) is 3. The second kappa shape index (κ2) is 10.1. The Morgan fingerprint density at radius 1 is 0.839 bits per heavy atom. The van der Waals surface area contributed by atoms with Crippen LogP contribution in [-0.4, -0.2) is 60.7 Å². The van der Waals surface area contributed by atoms with Crippen molar-refractivity contribution in [3.8, 4) is 0 Å². The Bertz CT molecular complexity index is 955. The summed E-state index contributed by atoms with van der Waals surface area (Å²) in [6, 6.07) is 14.8. The number of amides is 3. The van der Waals surface area contributed by atoms with E-state index in [1.807, 2.05) is 24.3 Å². The van der Waals surface area contributed by atoms with Crippen LogP contribution in [0.25, 0.3) is 6.08 Å². The van der Waals surface area contributed by atoms with Gasteiger partial charge in [-0.25, -0.2) is 0 Å². The molecule has 1 N–H and O–H groups in total. The van der Waals surface area contributed by atoms with Gasteiger partial charge in [0.25, 0.3) is 11.8 Å². The van der Waals surface area contributed by atoms with Gasteiger partial charge in [-0.15, -0.1) is 0 Å². The van der Waals surface area contributed by atoms with Gasteiger partial charge < -0.3 is 15.1 Å². The Morgan fingerprint density at radius 2 is 1.39 bits per heavy atom. The highest BCUT2D eigenvalue weighted by molar-refractivity contribution is 5.96. The van der Waals surface area contributed by atoms with Gasteiger partial charge in [0, 0.05) is 50.4 Å². The molecule has 6 nitrogen and oxygen atoms in total. The van der Waals surface area contributed by atoms with E-state index in [0.29, 0.717) is 43.2 Å². The summed E-state index contributed by atoms with van der Waals surface area (Å²) in [5.74, 6) is 0.216. The maximum atomic E-state index is 12.7. The van der Waals surface area contributed by atoms with E-state index in [1.165, 1.54) is 11.6 Å². The summed E-state index contributed by atoms with van der Waals surface area (Å²) in [7, 11) is 1.59. The van der Waals surface area contributed by atoms with E-state index in [4.69, 9.17) is 0 Å². The highest BCUT2D eigenvalue weighted by atomic mass is 16.2. The minimum atomic E-state index is -0.144. The lowest BCUT2D eigenvalue weighted by Crippen LogP contribution is -2.50. The topological polar surface area (TPSA) is 69.7 Å². The summed E-state index contributed by atoms with van der Waals surface area (Å²) >= 11 is 0. The molecular formula is C25H29N3O3. The maximum Gasteiger partial charge on any atom is 0.253 e. The fourth-order valence-corrected chi connectivity index (χ4v) is 3.49. The van der Waals surface area contributed by atoms with Crippen molar-refractivity contribution in [1.82, 2.24) is 15.1 Å². The first-order chi connectivity index (χ1) is 14.9.